The molecule has 1 aromatic carbocycles. The monoisotopic (exact) mass is 245 g/mol. The third-order valence-electron chi connectivity index (χ3n) is 1.86. The zero-order chi connectivity index (χ0) is 11.3. The number of methoxy groups -OCH3 is 1. The fourth-order valence-corrected chi connectivity index (χ4v) is 1.65. The molecule has 82 valence electrons. The molecule has 0 saturated heterocycles. The molecule has 0 heterocycles. The molecule has 0 saturated carbocycles. The number of benzene rings is 1. The molecule has 0 unspecified atom stereocenters. The Labute approximate surface area is 99.9 Å². The van der Waals surface area contributed by atoms with Crippen molar-refractivity contribution in [3.63, 3.8) is 0 Å². The maximum Gasteiger partial charge on any atom is 0.121 e. The Bertz CT molecular complexity index is 341. The number of halogens is 2. The number of nitrogens with zero attached hydrogens (tertiary/aromatic N) is 1. The van der Waals surface area contributed by atoms with E-state index >= 15 is 0 Å². The molecular weight excluding hydrogens is 233 g/mol. The zero-order valence-electron chi connectivity index (χ0n) is 8.76. The van der Waals surface area contributed by atoms with Crippen LogP contribution in [-0.2, 0) is 0 Å². The van der Waals surface area contributed by atoms with Crippen LogP contribution in [0, 0.1) is 0 Å². The minimum atomic E-state index is 0.555. The van der Waals surface area contributed by atoms with Crippen LogP contribution in [0.1, 0.15) is 18.9 Å². The number of ether oxygens (including phenoxy) is 1. The van der Waals surface area contributed by atoms with Crippen molar-refractivity contribution in [2.45, 2.75) is 13.3 Å². The van der Waals surface area contributed by atoms with E-state index in [1.165, 1.54) is 0 Å². The highest BCUT2D eigenvalue weighted by Gasteiger charge is 2.06. The molecule has 0 amide bonds. The minimum absolute atomic E-state index is 0.555. The average molecular weight is 246 g/mol. The van der Waals surface area contributed by atoms with Crippen LogP contribution < -0.4 is 4.74 Å². The second kappa shape index (κ2) is 5.99. The van der Waals surface area contributed by atoms with Crippen molar-refractivity contribution in [2.24, 2.45) is 4.99 Å². The van der Waals surface area contributed by atoms with E-state index in [2.05, 4.69) is 11.9 Å². The van der Waals surface area contributed by atoms with E-state index in [-0.39, 0.29) is 0 Å². The van der Waals surface area contributed by atoms with E-state index in [1.807, 2.05) is 0 Å². The van der Waals surface area contributed by atoms with Crippen LogP contribution in [0.5, 0.6) is 5.75 Å². The van der Waals surface area contributed by atoms with Crippen LogP contribution in [0.25, 0.3) is 0 Å². The Morgan fingerprint density at radius 3 is 2.40 bits per heavy atom. The first-order valence-electron chi connectivity index (χ1n) is 4.72. The van der Waals surface area contributed by atoms with E-state index in [4.69, 9.17) is 27.9 Å². The molecule has 0 atom stereocenters. The molecule has 1 rings (SSSR count). The summed E-state index contributed by atoms with van der Waals surface area (Å²) in [6.45, 7) is 2.84. The van der Waals surface area contributed by atoms with Crippen molar-refractivity contribution in [2.75, 3.05) is 13.7 Å². The molecule has 0 radical (unpaired) electrons. The molecule has 0 bridgehead atoms. The van der Waals surface area contributed by atoms with E-state index in [0.29, 0.717) is 15.8 Å². The van der Waals surface area contributed by atoms with Gasteiger partial charge in [-0.1, -0.05) is 30.1 Å². The molecule has 0 N–H and O–H groups in total. The Morgan fingerprint density at radius 1 is 1.33 bits per heavy atom. The summed E-state index contributed by atoms with van der Waals surface area (Å²) >= 11 is 12.1. The van der Waals surface area contributed by atoms with Gasteiger partial charge in [0.15, 0.2) is 0 Å². The summed E-state index contributed by atoms with van der Waals surface area (Å²) in [5, 5.41) is 1.11. The van der Waals surface area contributed by atoms with Gasteiger partial charge in [-0.15, -0.1) is 0 Å². The van der Waals surface area contributed by atoms with Gasteiger partial charge in [-0.2, -0.15) is 0 Å². The molecule has 0 fully saturated rings. The predicted octanol–water partition coefficient (Wildman–Crippen LogP) is 3.83. The largest absolute Gasteiger partial charge is 0.497 e. The summed E-state index contributed by atoms with van der Waals surface area (Å²) in [4.78, 5) is 4.20. The second-order valence-electron chi connectivity index (χ2n) is 3.04. The summed E-state index contributed by atoms with van der Waals surface area (Å²) in [6.07, 6.45) is 2.70. The van der Waals surface area contributed by atoms with Gasteiger partial charge in [0.25, 0.3) is 0 Å². The third kappa shape index (κ3) is 3.40. The van der Waals surface area contributed by atoms with Crippen molar-refractivity contribution in [1.29, 1.82) is 0 Å². The van der Waals surface area contributed by atoms with Gasteiger partial charge in [-0.25, -0.2) is 0 Å². The normalized spacial score (nSPS) is 10.9. The first kappa shape index (κ1) is 12.3. The maximum absolute atomic E-state index is 6.04. The molecule has 4 heteroatoms. The fraction of sp³-hybridized carbons (Fsp3) is 0.364. The number of hydrogen-bond donors (Lipinski definition) is 0. The molecule has 15 heavy (non-hydrogen) atoms. The molecule has 2 nitrogen and oxygen atoms in total. The van der Waals surface area contributed by atoms with Crippen molar-refractivity contribution < 1.29 is 4.74 Å². The highest BCUT2D eigenvalue weighted by atomic mass is 35.5. The summed E-state index contributed by atoms with van der Waals surface area (Å²) < 4.78 is 5.04. The Kier molecular flexibility index (Phi) is 4.92. The van der Waals surface area contributed by atoms with Gasteiger partial charge in [-0.3, -0.25) is 4.99 Å². The van der Waals surface area contributed by atoms with Crippen molar-refractivity contribution in [1.82, 2.24) is 0 Å². The van der Waals surface area contributed by atoms with Gasteiger partial charge in [0.2, 0.25) is 0 Å². The Hall–Kier alpha value is -0.730. The lowest BCUT2D eigenvalue weighted by atomic mass is 10.2. The standard InChI is InChI=1S/C11H13Cl2NO/c1-3-4-14-7-9-10(12)5-8(15-2)6-11(9)13/h5-7H,3-4H2,1-2H3. The van der Waals surface area contributed by atoms with Gasteiger partial charge in [0.1, 0.15) is 5.75 Å². The highest BCUT2D eigenvalue weighted by Crippen LogP contribution is 2.28. The predicted molar refractivity (Wildman–Crippen MR) is 65.8 cm³/mol. The molecule has 0 aliphatic carbocycles. The van der Waals surface area contributed by atoms with Crippen LogP contribution in [0.4, 0.5) is 0 Å². The smallest absolute Gasteiger partial charge is 0.121 e. The van der Waals surface area contributed by atoms with Crippen LogP contribution in [-0.4, -0.2) is 19.9 Å². The first-order valence-corrected chi connectivity index (χ1v) is 5.47. The van der Waals surface area contributed by atoms with Crippen LogP contribution >= 0.6 is 23.2 Å². The summed E-state index contributed by atoms with van der Waals surface area (Å²) in [6, 6.07) is 3.45. The number of hydrogen-bond acceptors (Lipinski definition) is 2. The fourth-order valence-electron chi connectivity index (χ4n) is 1.09. The summed E-state index contributed by atoms with van der Waals surface area (Å²) in [5.41, 5.74) is 0.743. The quantitative estimate of drug-likeness (QED) is 0.740. The molecule has 0 aliphatic rings. The number of rotatable bonds is 4. The van der Waals surface area contributed by atoms with Gasteiger partial charge in [0.05, 0.1) is 17.2 Å². The van der Waals surface area contributed by atoms with E-state index in [1.54, 1.807) is 25.5 Å². The zero-order valence-corrected chi connectivity index (χ0v) is 10.3. The summed E-state index contributed by atoms with van der Waals surface area (Å²) in [5.74, 6) is 0.651. The van der Waals surface area contributed by atoms with Gasteiger partial charge >= 0.3 is 0 Å². The lowest BCUT2D eigenvalue weighted by Gasteiger charge is -2.05. The molecular formula is C11H13Cl2NO. The van der Waals surface area contributed by atoms with E-state index in [0.717, 1.165) is 18.5 Å². The Balaban J connectivity index is 2.98. The topological polar surface area (TPSA) is 21.6 Å². The maximum atomic E-state index is 6.04. The second-order valence-corrected chi connectivity index (χ2v) is 3.85. The first-order chi connectivity index (χ1) is 7.19. The van der Waals surface area contributed by atoms with Crippen molar-refractivity contribution in [3.05, 3.63) is 27.7 Å². The molecule has 0 aromatic heterocycles. The molecule has 1 aromatic rings. The average Bonchev–Trinajstić information content (AvgIpc) is 2.22. The van der Waals surface area contributed by atoms with Gasteiger partial charge in [-0.05, 0) is 18.6 Å². The van der Waals surface area contributed by atoms with Crippen LogP contribution in [0.2, 0.25) is 10.0 Å². The lowest BCUT2D eigenvalue weighted by molar-refractivity contribution is 0.415. The van der Waals surface area contributed by atoms with Gasteiger partial charge < -0.3 is 4.74 Å². The highest BCUT2D eigenvalue weighted by molar-refractivity contribution is 6.38. The SMILES string of the molecule is CCCN=Cc1c(Cl)cc(OC)cc1Cl. The minimum Gasteiger partial charge on any atom is -0.497 e. The van der Waals surface area contributed by atoms with Crippen molar-refractivity contribution in [3.8, 4) is 5.75 Å². The summed E-state index contributed by atoms with van der Waals surface area (Å²) in [7, 11) is 1.58. The van der Waals surface area contributed by atoms with Crippen LogP contribution in [0.15, 0.2) is 17.1 Å². The van der Waals surface area contributed by atoms with E-state index < -0.39 is 0 Å². The Morgan fingerprint density at radius 2 is 1.93 bits per heavy atom. The lowest BCUT2D eigenvalue weighted by Crippen LogP contribution is -1.90. The van der Waals surface area contributed by atoms with Crippen molar-refractivity contribution >= 4 is 29.4 Å². The number of aliphatic imine (C=N–C) groups is 1. The third-order valence-corrected chi connectivity index (χ3v) is 2.49. The van der Waals surface area contributed by atoms with Crippen LogP contribution in [0.3, 0.4) is 0 Å². The van der Waals surface area contributed by atoms with Gasteiger partial charge in [0, 0.05) is 18.3 Å². The molecule has 0 spiro atoms. The van der Waals surface area contributed by atoms with E-state index in [9.17, 15) is 0 Å². The molecule has 0 aliphatic heterocycles.